The molecule has 1 unspecified atom stereocenters. The molecule has 0 radical (unpaired) electrons. The number of carbonyl (C=O) groups is 1. The molecule has 92 valence electrons. The lowest BCUT2D eigenvalue weighted by Gasteiger charge is -2.12. The summed E-state index contributed by atoms with van der Waals surface area (Å²) in [7, 11) is 0. The fraction of sp³-hybridized carbons (Fsp3) is 0.500. The van der Waals surface area contributed by atoms with Gasteiger partial charge in [-0.1, -0.05) is 12.1 Å². The van der Waals surface area contributed by atoms with Crippen LogP contribution in [0.3, 0.4) is 0 Å². The average Bonchev–Trinajstić information content (AvgIpc) is 2.77. The van der Waals surface area contributed by atoms with Gasteiger partial charge in [0.2, 0.25) is 5.91 Å². The molecule has 1 atom stereocenters. The van der Waals surface area contributed by atoms with Gasteiger partial charge in [-0.15, -0.1) is 0 Å². The van der Waals surface area contributed by atoms with Gasteiger partial charge >= 0.3 is 0 Å². The summed E-state index contributed by atoms with van der Waals surface area (Å²) in [5.74, 6) is 0.632. The van der Waals surface area contributed by atoms with E-state index in [1.807, 2.05) is 19.1 Å². The SMILES string of the molecule is Cc1cccc(NC(=O)CC2CCNC2)c1C. The van der Waals surface area contributed by atoms with Gasteiger partial charge in [-0.3, -0.25) is 4.79 Å². The topological polar surface area (TPSA) is 41.1 Å². The van der Waals surface area contributed by atoms with Crippen LogP contribution in [-0.2, 0) is 4.79 Å². The first-order valence-electron chi connectivity index (χ1n) is 6.23. The van der Waals surface area contributed by atoms with Crippen molar-refractivity contribution in [1.82, 2.24) is 5.32 Å². The van der Waals surface area contributed by atoms with E-state index in [2.05, 4.69) is 23.6 Å². The second-order valence-electron chi connectivity index (χ2n) is 4.86. The normalized spacial score (nSPS) is 19.3. The van der Waals surface area contributed by atoms with Crippen LogP contribution >= 0.6 is 0 Å². The van der Waals surface area contributed by atoms with Crippen molar-refractivity contribution in [2.24, 2.45) is 5.92 Å². The Morgan fingerprint density at radius 1 is 1.47 bits per heavy atom. The first-order chi connectivity index (χ1) is 8.16. The molecule has 2 rings (SSSR count). The standard InChI is InChI=1S/C14H20N2O/c1-10-4-3-5-13(11(10)2)16-14(17)8-12-6-7-15-9-12/h3-5,12,15H,6-9H2,1-2H3,(H,16,17). The van der Waals surface area contributed by atoms with Crippen LogP contribution in [0.4, 0.5) is 5.69 Å². The van der Waals surface area contributed by atoms with E-state index in [0.29, 0.717) is 12.3 Å². The van der Waals surface area contributed by atoms with Crippen molar-refractivity contribution in [1.29, 1.82) is 0 Å². The lowest BCUT2D eigenvalue weighted by atomic mass is 10.0. The molecular formula is C14H20N2O. The first-order valence-corrected chi connectivity index (χ1v) is 6.23. The summed E-state index contributed by atoms with van der Waals surface area (Å²) in [4.78, 5) is 11.9. The highest BCUT2D eigenvalue weighted by Gasteiger charge is 2.18. The third-order valence-electron chi connectivity index (χ3n) is 3.52. The molecule has 1 aromatic rings. The van der Waals surface area contributed by atoms with Crippen molar-refractivity contribution in [3.63, 3.8) is 0 Å². The number of benzene rings is 1. The van der Waals surface area contributed by atoms with Gasteiger partial charge in [0.15, 0.2) is 0 Å². The zero-order valence-electron chi connectivity index (χ0n) is 10.5. The van der Waals surface area contributed by atoms with Gasteiger partial charge in [0.25, 0.3) is 0 Å². The minimum absolute atomic E-state index is 0.132. The van der Waals surface area contributed by atoms with Crippen LogP contribution in [0.25, 0.3) is 0 Å². The van der Waals surface area contributed by atoms with E-state index in [-0.39, 0.29) is 5.91 Å². The van der Waals surface area contributed by atoms with Crippen LogP contribution in [0, 0.1) is 19.8 Å². The first kappa shape index (κ1) is 12.1. The number of anilines is 1. The minimum atomic E-state index is 0.132. The Labute approximate surface area is 103 Å². The highest BCUT2D eigenvalue weighted by molar-refractivity contribution is 5.91. The Balaban J connectivity index is 1.95. The van der Waals surface area contributed by atoms with E-state index < -0.39 is 0 Å². The summed E-state index contributed by atoms with van der Waals surface area (Å²) in [6.07, 6.45) is 1.74. The van der Waals surface area contributed by atoms with Gasteiger partial charge in [0.05, 0.1) is 0 Å². The van der Waals surface area contributed by atoms with Crippen molar-refractivity contribution >= 4 is 11.6 Å². The highest BCUT2D eigenvalue weighted by Crippen LogP contribution is 2.19. The summed E-state index contributed by atoms with van der Waals surface area (Å²) in [6.45, 7) is 6.12. The lowest BCUT2D eigenvalue weighted by Crippen LogP contribution is -2.18. The van der Waals surface area contributed by atoms with E-state index in [1.54, 1.807) is 0 Å². The van der Waals surface area contributed by atoms with Crippen molar-refractivity contribution in [3.8, 4) is 0 Å². The van der Waals surface area contributed by atoms with Gasteiger partial charge in [-0.05, 0) is 56.5 Å². The van der Waals surface area contributed by atoms with E-state index in [1.165, 1.54) is 5.56 Å². The van der Waals surface area contributed by atoms with E-state index in [4.69, 9.17) is 0 Å². The summed E-state index contributed by atoms with van der Waals surface area (Å²) in [6, 6.07) is 6.01. The predicted octanol–water partition coefficient (Wildman–Crippen LogP) is 2.24. The number of hydrogen-bond donors (Lipinski definition) is 2. The molecule has 1 aliphatic rings. The lowest BCUT2D eigenvalue weighted by molar-refractivity contribution is -0.116. The molecule has 0 spiro atoms. The van der Waals surface area contributed by atoms with Gasteiger partial charge in [0, 0.05) is 12.1 Å². The Bertz CT molecular complexity index is 409. The summed E-state index contributed by atoms with van der Waals surface area (Å²) < 4.78 is 0. The molecule has 1 heterocycles. The van der Waals surface area contributed by atoms with E-state index in [0.717, 1.165) is 30.8 Å². The maximum absolute atomic E-state index is 11.9. The second kappa shape index (κ2) is 5.32. The van der Waals surface area contributed by atoms with Gasteiger partial charge in [-0.2, -0.15) is 0 Å². The number of hydrogen-bond acceptors (Lipinski definition) is 2. The molecule has 0 aromatic heterocycles. The Hall–Kier alpha value is -1.35. The average molecular weight is 232 g/mol. The molecule has 1 saturated heterocycles. The maximum atomic E-state index is 11.9. The number of carbonyl (C=O) groups excluding carboxylic acids is 1. The minimum Gasteiger partial charge on any atom is -0.326 e. The molecule has 2 N–H and O–H groups in total. The number of rotatable bonds is 3. The molecule has 1 fully saturated rings. The Morgan fingerprint density at radius 2 is 2.29 bits per heavy atom. The molecule has 1 aromatic carbocycles. The molecular weight excluding hydrogens is 212 g/mol. The Morgan fingerprint density at radius 3 is 3.00 bits per heavy atom. The summed E-state index contributed by atoms with van der Waals surface area (Å²) in [5.41, 5.74) is 3.32. The quantitative estimate of drug-likeness (QED) is 0.839. The predicted molar refractivity (Wildman–Crippen MR) is 70.1 cm³/mol. The molecule has 3 nitrogen and oxygen atoms in total. The van der Waals surface area contributed by atoms with Crippen molar-refractivity contribution in [2.45, 2.75) is 26.7 Å². The zero-order chi connectivity index (χ0) is 12.3. The molecule has 1 aliphatic heterocycles. The summed E-state index contributed by atoms with van der Waals surface area (Å²) >= 11 is 0. The molecule has 1 amide bonds. The third kappa shape index (κ3) is 3.07. The summed E-state index contributed by atoms with van der Waals surface area (Å²) in [5, 5.41) is 6.29. The van der Waals surface area contributed by atoms with Crippen LogP contribution < -0.4 is 10.6 Å². The molecule has 3 heteroatoms. The van der Waals surface area contributed by atoms with Crippen LogP contribution in [-0.4, -0.2) is 19.0 Å². The largest absolute Gasteiger partial charge is 0.326 e. The van der Waals surface area contributed by atoms with E-state index in [9.17, 15) is 4.79 Å². The third-order valence-corrected chi connectivity index (χ3v) is 3.52. The van der Waals surface area contributed by atoms with Crippen LogP contribution in [0.5, 0.6) is 0 Å². The highest BCUT2D eigenvalue weighted by atomic mass is 16.1. The van der Waals surface area contributed by atoms with Crippen LogP contribution in [0.15, 0.2) is 18.2 Å². The zero-order valence-corrected chi connectivity index (χ0v) is 10.5. The van der Waals surface area contributed by atoms with Crippen LogP contribution in [0.1, 0.15) is 24.0 Å². The number of amides is 1. The fourth-order valence-electron chi connectivity index (χ4n) is 2.24. The fourth-order valence-corrected chi connectivity index (χ4v) is 2.24. The number of nitrogens with one attached hydrogen (secondary N) is 2. The smallest absolute Gasteiger partial charge is 0.224 e. The monoisotopic (exact) mass is 232 g/mol. The molecule has 0 bridgehead atoms. The van der Waals surface area contributed by atoms with Gasteiger partial charge < -0.3 is 10.6 Å². The molecule has 17 heavy (non-hydrogen) atoms. The van der Waals surface area contributed by atoms with Crippen molar-refractivity contribution < 1.29 is 4.79 Å². The van der Waals surface area contributed by atoms with Gasteiger partial charge in [0.1, 0.15) is 0 Å². The number of aryl methyl sites for hydroxylation is 1. The van der Waals surface area contributed by atoms with Crippen molar-refractivity contribution in [2.75, 3.05) is 18.4 Å². The molecule has 0 aliphatic carbocycles. The van der Waals surface area contributed by atoms with Crippen LogP contribution in [0.2, 0.25) is 0 Å². The van der Waals surface area contributed by atoms with E-state index >= 15 is 0 Å². The second-order valence-corrected chi connectivity index (χ2v) is 4.86. The van der Waals surface area contributed by atoms with Crippen molar-refractivity contribution in [3.05, 3.63) is 29.3 Å². The molecule has 0 saturated carbocycles. The van der Waals surface area contributed by atoms with Gasteiger partial charge in [-0.25, -0.2) is 0 Å². The maximum Gasteiger partial charge on any atom is 0.224 e. The Kier molecular flexibility index (Phi) is 3.79.